The van der Waals surface area contributed by atoms with Crippen LogP contribution in [0.3, 0.4) is 0 Å². The van der Waals surface area contributed by atoms with Gasteiger partial charge in [0.2, 0.25) is 0 Å². The number of hydrogen-bond acceptors (Lipinski definition) is 3. The van der Waals surface area contributed by atoms with E-state index in [-0.39, 0.29) is 18.3 Å². The van der Waals surface area contributed by atoms with Crippen molar-refractivity contribution in [3.05, 3.63) is 35.6 Å². The fraction of sp³-hybridized carbons (Fsp3) is 0.500. The summed E-state index contributed by atoms with van der Waals surface area (Å²) in [6, 6.07) is 6.27. The monoisotopic (exact) mass is 253 g/mol. The summed E-state index contributed by atoms with van der Waals surface area (Å²) in [4.78, 5) is 13.3. The van der Waals surface area contributed by atoms with E-state index in [4.69, 9.17) is 4.74 Å². The van der Waals surface area contributed by atoms with Gasteiger partial charge < -0.3 is 4.74 Å². The fourth-order valence-electron chi connectivity index (χ4n) is 1.55. The SMILES string of the molecule is CCCCOC(=O)CN(C)Cc1ccc(F)cc1. The van der Waals surface area contributed by atoms with E-state index < -0.39 is 0 Å². The fourth-order valence-corrected chi connectivity index (χ4v) is 1.55. The third kappa shape index (κ3) is 5.77. The van der Waals surface area contributed by atoms with Gasteiger partial charge in [0.05, 0.1) is 13.2 Å². The molecule has 0 saturated heterocycles. The Hall–Kier alpha value is -1.42. The van der Waals surface area contributed by atoms with E-state index in [1.165, 1.54) is 12.1 Å². The Kier molecular flexibility index (Phi) is 6.36. The van der Waals surface area contributed by atoms with Crippen LogP contribution >= 0.6 is 0 Å². The number of ether oxygens (including phenoxy) is 1. The molecule has 1 aromatic carbocycles. The predicted octanol–water partition coefficient (Wildman–Crippen LogP) is 2.60. The maximum absolute atomic E-state index is 12.7. The third-order valence-electron chi connectivity index (χ3n) is 2.53. The summed E-state index contributed by atoms with van der Waals surface area (Å²) in [5.74, 6) is -0.464. The number of nitrogens with zero attached hydrogens (tertiary/aromatic N) is 1. The lowest BCUT2D eigenvalue weighted by atomic mass is 10.2. The van der Waals surface area contributed by atoms with E-state index in [1.807, 2.05) is 11.9 Å². The van der Waals surface area contributed by atoms with Gasteiger partial charge in [-0.25, -0.2) is 4.39 Å². The lowest BCUT2D eigenvalue weighted by Crippen LogP contribution is -2.27. The van der Waals surface area contributed by atoms with Gasteiger partial charge in [-0.2, -0.15) is 0 Å². The van der Waals surface area contributed by atoms with Crippen molar-refractivity contribution in [1.29, 1.82) is 0 Å². The Bertz CT molecular complexity index is 365. The topological polar surface area (TPSA) is 29.5 Å². The first-order chi connectivity index (χ1) is 8.61. The van der Waals surface area contributed by atoms with E-state index in [0.29, 0.717) is 13.2 Å². The van der Waals surface area contributed by atoms with Crippen molar-refractivity contribution in [3.8, 4) is 0 Å². The van der Waals surface area contributed by atoms with Gasteiger partial charge in [0, 0.05) is 6.54 Å². The molecule has 0 aromatic heterocycles. The number of unbranched alkanes of at least 4 members (excludes halogenated alkanes) is 1. The van der Waals surface area contributed by atoms with Gasteiger partial charge in [-0.1, -0.05) is 25.5 Å². The first-order valence-corrected chi connectivity index (χ1v) is 6.20. The van der Waals surface area contributed by atoms with Crippen molar-refractivity contribution in [2.24, 2.45) is 0 Å². The van der Waals surface area contributed by atoms with Gasteiger partial charge in [-0.05, 0) is 31.2 Å². The number of carbonyl (C=O) groups excluding carboxylic acids is 1. The highest BCUT2D eigenvalue weighted by molar-refractivity contribution is 5.71. The normalized spacial score (nSPS) is 10.7. The number of benzene rings is 1. The summed E-state index contributed by atoms with van der Waals surface area (Å²) in [6.07, 6.45) is 1.91. The second-order valence-electron chi connectivity index (χ2n) is 4.37. The number of rotatable bonds is 7. The Morgan fingerprint density at radius 1 is 1.33 bits per heavy atom. The summed E-state index contributed by atoms with van der Waals surface area (Å²) in [7, 11) is 1.84. The van der Waals surface area contributed by atoms with Crippen molar-refractivity contribution in [2.45, 2.75) is 26.3 Å². The summed E-state index contributed by atoms with van der Waals surface area (Å²) < 4.78 is 17.8. The van der Waals surface area contributed by atoms with E-state index >= 15 is 0 Å². The maximum Gasteiger partial charge on any atom is 0.320 e. The van der Waals surface area contributed by atoms with E-state index in [1.54, 1.807) is 12.1 Å². The van der Waals surface area contributed by atoms with Crippen LogP contribution in [-0.4, -0.2) is 31.1 Å². The molecule has 0 saturated carbocycles. The Morgan fingerprint density at radius 2 is 2.00 bits per heavy atom. The van der Waals surface area contributed by atoms with Crippen molar-refractivity contribution < 1.29 is 13.9 Å². The standard InChI is InChI=1S/C14H20FNO2/c1-3-4-9-18-14(17)11-16(2)10-12-5-7-13(15)8-6-12/h5-8H,3-4,9-11H2,1-2H3. The average molecular weight is 253 g/mol. The molecule has 0 bridgehead atoms. The van der Waals surface area contributed by atoms with Crippen molar-refractivity contribution in [2.75, 3.05) is 20.2 Å². The minimum absolute atomic E-state index is 0.215. The zero-order valence-corrected chi connectivity index (χ0v) is 11.0. The molecule has 0 fully saturated rings. The van der Waals surface area contributed by atoms with Gasteiger partial charge in [-0.15, -0.1) is 0 Å². The number of halogens is 1. The molecule has 0 heterocycles. The van der Waals surface area contributed by atoms with Gasteiger partial charge in [-0.3, -0.25) is 9.69 Å². The minimum Gasteiger partial charge on any atom is -0.465 e. The van der Waals surface area contributed by atoms with E-state index in [2.05, 4.69) is 6.92 Å². The lowest BCUT2D eigenvalue weighted by Gasteiger charge is -2.15. The van der Waals surface area contributed by atoms with Crippen LogP contribution in [0.5, 0.6) is 0 Å². The predicted molar refractivity (Wildman–Crippen MR) is 68.6 cm³/mol. The number of carbonyl (C=O) groups is 1. The van der Waals surface area contributed by atoms with Crippen LogP contribution in [0.1, 0.15) is 25.3 Å². The Morgan fingerprint density at radius 3 is 2.61 bits per heavy atom. The largest absolute Gasteiger partial charge is 0.465 e. The number of esters is 1. The molecule has 0 aliphatic heterocycles. The highest BCUT2D eigenvalue weighted by Gasteiger charge is 2.08. The third-order valence-corrected chi connectivity index (χ3v) is 2.53. The van der Waals surface area contributed by atoms with Gasteiger partial charge in [0.25, 0.3) is 0 Å². The number of hydrogen-bond donors (Lipinski definition) is 0. The second-order valence-corrected chi connectivity index (χ2v) is 4.37. The van der Waals surface area contributed by atoms with Crippen LogP contribution in [-0.2, 0) is 16.1 Å². The molecule has 1 rings (SSSR count). The molecule has 1 aromatic rings. The van der Waals surface area contributed by atoms with Gasteiger partial charge >= 0.3 is 5.97 Å². The average Bonchev–Trinajstić information content (AvgIpc) is 2.32. The Balaban J connectivity index is 2.30. The van der Waals surface area contributed by atoms with Crippen molar-refractivity contribution in [3.63, 3.8) is 0 Å². The highest BCUT2D eigenvalue weighted by Crippen LogP contribution is 2.05. The Labute approximate surface area is 108 Å². The van der Waals surface area contributed by atoms with Gasteiger partial charge in [0.1, 0.15) is 5.82 Å². The molecule has 4 heteroatoms. The van der Waals surface area contributed by atoms with Crippen molar-refractivity contribution >= 4 is 5.97 Å². The molecule has 0 radical (unpaired) electrons. The molecule has 3 nitrogen and oxygen atoms in total. The smallest absolute Gasteiger partial charge is 0.320 e. The molecular weight excluding hydrogens is 233 g/mol. The minimum atomic E-state index is -0.250. The van der Waals surface area contributed by atoms with Crippen LogP contribution < -0.4 is 0 Å². The zero-order valence-electron chi connectivity index (χ0n) is 11.0. The molecule has 0 atom stereocenters. The van der Waals surface area contributed by atoms with Gasteiger partial charge in [0.15, 0.2) is 0 Å². The van der Waals surface area contributed by atoms with Crippen LogP contribution in [0.25, 0.3) is 0 Å². The summed E-state index contributed by atoms with van der Waals surface area (Å²) in [5.41, 5.74) is 0.972. The quantitative estimate of drug-likeness (QED) is 0.552. The molecule has 0 aliphatic rings. The summed E-state index contributed by atoms with van der Waals surface area (Å²) in [5, 5.41) is 0. The summed E-state index contributed by atoms with van der Waals surface area (Å²) in [6.45, 7) is 3.39. The molecule has 18 heavy (non-hydrogen) atoms. The van der Waals surface area contributed by atoms with Crippen LogP contribution in [0.2, 0.25) is 0 Å². The molecule has 0 spiro atoms. The van der Waals surface area contributed by atoms with E-state index in [9.17, 15) is 9.18 Å². The first kappa shape index (κ1) is 14.6. The van der Waals surface area contributed by atoms with Crippen LogP contribution in [0.15, 0.2) is 24.3 Å². The molecule has 0 amide bonds. The highest BCUT2D eigenvalue weighted by atomic mass is 19.1. The molecule has 0 N–H and O–H groups in total. The van der Waals surface area contributed by atoms with E-state index in [0.717, 1.165) is 18.4 Å². The molecule has 0 aliphatic carbocycles. The molecular formula is C14H20FNO2. The zero-order chi connectivity index (χ0) is 13.4. The molecule has 100 valence electrons. The first-order valence-electron chi connectivity index (χ1n) is 6.20. The van der Waals surface area contributed by atoms with Crippen LogP contribution in [0, 0.1) is 5.82 Å². The van der Waals surface area contributed by atoms with Crippen molar-refractivity contribution in [1.82, 2.24) is 4.90 Å². The summed E-state index contributed by atoms with van der Waals surface area (Å²) >= 11 is 0. The molecule has 0 unspecified atom stereocenters. The lowest BCUT2D eigenvalue weighted by molar-refractivity contribution is -0.144. The number of likely N-dealkylation sites (N-methyl/N-ethyl adjacent to an activating group) is 1. The second kappa shape index (κ2) is 7.82. The maximum atomic E-state index is 12.7. The van der Waals surface area contributed by atoms with Crippen LogP contribution in [0.4, 0.5) is 4.39 Å².